The maximum atomic E-state index is 10.9. The van der Waals surface area contributed by atoms with Crippen molar-refractivity contribution in [3.05, 3.63) is 34.1 Å². The predicted molar refractivity (Wildman–Crippen MR) is 69.9 cm³/mol. The first-order valence-electron chi connectivity index (χ1n) is 5.29. The maximum Gasteiger partial charge on any atom is 0.292 e. The van der Waals surface area contributed by atoms with Gasteiger partial charge in [0.05, 0.1) is 4.92 Å². The molecule has 19 heavy (non-hydrogen) atoms. The van der Waals surface area contributed by atoms with Crippen LogP contribution in [0.2, 0.25) is 0 Å². The topological polar surface area (TPSA) is 112 Å². The Kier molecular flexibility index (Phi) is 2.42. The van der Waals surface area contributed by atoms with Crippen molar-refractivity contribution in [3.8, 4) is 10.6 Å². The van der Waals surface area contributed by atoms with Crippen molar-refractivity contribution in [3.63, 3.8) is 0 Å². The van der Waals surface area contributed by atoms with E-state index in [9.17, 15) is 10.1 Å². The van der Waals surface area contributed by atoms with Gasteiger partial charge in [0, 0.05) is 11.6 Å². The molecule has 96 valence electrons. The summed E-state index contributed by atoms with van der Waals surface area (Å²) < 4.78 is 1.60. The number of nitro benzene ring substituents is 1. The molecule has 0 saturated carbocycles. The molecule has 8 nitrogen and oxygen atoms in total. The van der Waals surface area contributed by atoms with Gasteiger partial charge in [-0.1, -0.05) is 11.3 Å². The van der Waals surface area contributed by atoms with Gasteiger partial charge in [0.1, 0.15) is 10.7 Å². The smallest absolute Gasteiger partial charge is 0.292 e. The van der Waals surface area contributed by atoms with Gasteiger partial charge in [0.15, 0.2) is 5.82 Å². The fourth-order valence-electron chi connectivity index (χ4n) is 1.67. The Morgan fingerprint density at radius 2 is 2.21 bits per heavy atom. The highest BCUT2D eigenvalue weighted by molar-refractivity contribution is 7.19. The SMILES string of the molecule is Cc1nnc2sc(-c3ccc(N)c([N+](=O)[O-])c3)nn12. The van der Waals surface area contributed by atoms with Crippen LogP contribution in [0.4, 0.5) is 11.4 Å². The van der Waals surface area contributed by atoms with Crippen molar-refractivity contribution >= 4 is 27.7 Å². The molecule has 0 spiro atoms. The number of hydrogen-bond acceptors (Lipinski definition) is 7. The quantitative estimate of drug-likeness (QED) is 0.432. The van der Waals surface area contributed by atoms with Crippen LogP contribution in [0.5, 0.6) is 0 Å². The summed E-state index contributed by atoms with van der Waals surface area (Å²) in [5.74, 6) is 0.669. The van der Waals surface area contributed by atoms with E-state index in [0.717, 1.165) is 0 Å². The van der Waals surface area contributed by atoms with E-state index in [1.165, 1.54) is 23.5 Å². The lowest BCUT2D eigenvalue weighted by atomic mass is 10.2. The lowest BCUT2D eigenvalue weighted by molar-refractivity contribution is -0.383. The number of anilines is 1. The highest BCUT2D eigenvalue weighted by Gasteiger charge is 2.16. The van der Waals surface area contributed by atoms with Gasteiger partial charge in [-0.3, -0.25) is 10.1 Å². The first-order valence-corrected chi connectivity index (χ1v) is 6.11. The summed E-state index contributed by atoms with van der Waals surface area (Å²) in [6.45, 7) is 1.79. The minimum Gasteiger partial charge on any atom is -0.393 e. The fraction of sp³-hybridized carbons (Fsp3) is 0.100. The van der Waals surface area contributed by atoms with Crippen molar-refractivity contribution in [2.45, 2.75) is 6.92 Å². The first-order chi connectivity index (χ1) is 9.06. The van der Waals surface area contributed by atoms with Gasteiger partial charge in [-0.2, -0.15) is 9.61 Å². The van der Waals surface area contributed by atoms with Crippen molar-refractivity contribution < 1.29 is 4.92 Å². The number of rotatable bonds is 2. The van der Waals surface area contributed by atoms with Gasteiger partial charge in [-0.05, 0) is 19.1 Å². The van der Waals surface area contributed by atoms with Crippen LogP contribution in [0, 0.1) is 17.0 Å². The third-order valence-corrected chi connectivity index (χ3v) is 3.57. The molecule has 0 aliphatic heterocycles. The normalized spacial score (nSPS) is 11.0. The minimum atomic E-state index is -0.510. The van der Waals surface area contributed by atoms with Crippen LogP contribution < -0.4 is 5.73 Å². The van der Waals surface area contributed by atoms with E-state index >= 15 is 0 Å². The molecule has 2 aromatic heterocycles. The van der Waals surface area contributed by atoms with E-state index in [0.29, 0.717) is 21.4 Å². The van der Waals surface area contributed by atoms with Gasteiger partial charge in [-0.25, -0.2) is 0 Å². The van der Waals surface area contributed by atoms with Crippen LogP contribution in [0.15, 0.2) is 18.2 Å². The number of nitro groups is 1. The number of nitrogen functional groups attached to an aromatic ring is 1. The zero-order valence-electron chi connectivity index (χ0n) is 9.77. The number of benzene rings is 1. The highest BCUT2D eigenvalue weighted by Crippen LogP contribution is 2.31. The van der Waals surface area contributed by atoms with Crippen LogP contribution >= 0.6 is 11.3 Å². The molecule has 0 atom stereocenters. The molecule has 0 bridgehead atoms. The summed E-state index contributed by atoms with van der Waals surface area (Å²) in [4.78, 5) is 11.0. The standard InChI is InChI=1S/C10H8N6O2S/c1-5-12-13-10-15(5)14-9(19-10)6-2-3-7(11)8(4-6)16(17)18/h2-4H,11H2,1H3. The molecule has 3 rings (SSSR count). The zero-order chi connectivity index (χ0) is 13.6. The Balaban J connectivity index is 2.15. The van der Waals surface area contributed by atoms with Gasteiger partial charge >= 0.3 is 0 Å². The second-order valence-electron chi connectivity index (χ2n) is 3.88. The lowest BCUT2D eigenvalue weighted by Gasteiger charge is -1.99. The molecule has 2 heterocycles. The fourth-order valence-corrected chi connectivity index (χ4v) is 2.55. The van der Waals surface area contributed by atoms with Gasteiger partial charge in [0.25, 0.3) is 5.69 Å². The van der Waals surface area contributed by atoms with Crippen molar-refractivity contribution in [2.75, 3.05) is 5.73 Å². The molecular weight excluding hydrogens is 268 g/mol. The van der Waals surface area contributed by atoms with Gasteiger partial charge in [-0.15, -0.1) is 10.2 Å². The number of nitrogens with zero attached hydrogens (tertiary/aromatic N) is 5. The molecule has 9 heteroatoms. The first kappa shape index (κ1) is 11.5. The average molecular weight is 276 g/mol. The number of hydrogen-bond donors (Lipinski definition) is 1. The van der Waals surface area contributed by atoms with E-state index < -0.39 is 4.92 Å². The monoisotopic (exact) mass is 276 g/mol. The highest BCUT2D eigenvalue weighted by atomic mass is 32.1. The largest absolute Gasteiger partial charge is 0.393 e. The second kappa shape index (κ2) is 3.99. The minimum absolute atomic E-state index is 0.125. The third kappa shape index (κ3) is 1.80. The molecule has 2 N–H and O–H groups in total. The van der Waals surface area contributed by atoms with E-state index in [1.807, 2.05) is 0 Å². The molecular formula is C10H8N6O2S. The van der Waals surface area contributed by atoms with Crippen molar-refractivity contribution in [2.24, 2.45) is 0 Å². The summed E-state index contributed by atoms with van der Waals surface area (Å²) in [6.07, 6.45) is 0. The molecule has 0 fully saturated rings. The molecule has 1 aromatic carbocycles. The predicted octanol–water partition coefficient (Wildman–Crippen LogP) is 1.65. The summed E-state index contributed by atoms with van der Waals surface area (Å²) in [7, 11) is 0. The molecule has 0 aliphatic rings. The van der Waals surface area contributed by atoms with Crippen molar-refractivity contribution in [1.82, 2.24) is 19.8 Å². The molecule has 0 aliphatic carbocycles. The average Bonchev–Trinajstić information content (AvgIpc) is 2.92. The lowest BCUT2D eigenvalue weighted by Crippen LogP contribution is -1.96. The van der Waals surface area contributed by atoms with Gasteiger partial charge in [0.2, 0.25) is 4.96 Å². The Hall–Kier alpha value is -2.55. The Morgan fingerprint density at radius 1 is 1.42 bits per heavy atom. The Labute approximate surface area is 110 Å². The molecule has 3 aromatic rings. The summed E-state index contributed by atoms with van der Waals surface area (Å²) >= 11 is 1.31. The van der Waals surface area contributed by atoms with Gasteiger partial charge < -0.3 is 5.73 Å². The summed E-state index contributed by atoms with van der Waals surface area (Å²) in [6, 6.07) is 4.61. The Morgan fingerprint density at radius 3 is 2.89 bits per heavy atom. The van der Waals surface area contributed by atoms with E-state index in [4.69, 9.17) is 5.73 Å². The molecule has 0 saturated heterocycles. The molecule has 0 radical (unpaired) electrons. The number of fused-ring (bicyclic) bond motifs is 1. The number of aryl methyl sites for hydroxylation is 1. The van der Waals surface area contributed by atoms with Crippen LogP contribution in [-0.4, -0.2) is 24.7 Å². The number of nitrogens with two attached hydrogens (primary N) is 1. The molecule has 0 amide bonds. The summed E-state index contributed by atoms with van der Waals surface area (Å²) in [5.41, 5.74) is 6.20. The zero-order valence-corrected chi connectivity index (χ0v) is 10.6. The van der Waals surface area contributed by atoms with Crippen LogP contribution in [0.3, 0.4) is 0 Å². The van der Waals surface area contributed by atoms with Crippen molar-refractivity contribution in [1.29, 1.82) is 0 Å². The van der Waals surface area contributed by atoms with E-state index in [1.54, 1.807) is 17.5 Å². The van der Waals surface area contributed by atoms with Crippen LogP contribution in [0.1, 0.15) is 5.82 Å². The second-order valence-corrected chi connectivity index (χ2v) is 4.84. The van der Waals surface area contributed by atoms with E-state index in [-0.39, 0.29) is 11.4 Å². The maximum absolute atomic E-state index is 10.9. The van der Waals surface area contributed by atoms with Crippen LogP contribution in [-0.2, 0) is 0 Å². The summed E-state index contributed by atoms with van der Waals surface area (Å²) in [5, 5.41) is 23.7. The molecule has 0 unspecified atom stereocenters. The number of aromatic nitrogens is 4. The Bertz CT molecular complexity index is 793. The van der Waals surface area contributed by atoms with E-state index in [2.05, 4.69) is 15.3 Å². The third-order valence-electron chi connectivity index (χ3n) is 2.62. The van der Waals surface area contributed by atoms with Crippen LogP contribution in [0.25, 0.3) is 15.5 Å².